The van der Waals surface area contributed by atoms with Crippen LogP contribution >= 0.6 is 0 Å². The maximum Gasteiger partial charge on any atom is 0.300 e. The highest BCUT2D eigenvalue weighted by atomic mass is 16.5. The van der Waals surface area contributed by atoms with Crippen molar-refractivity contribution in [3.63, 3.8) is 0 Å². The van der Waals surface area contributed by atoms with Gasteiger partial charge >= 0.3 is 0 Å². The Kier molecular flexibility index (Phi) is 6.09. The fourth-order valence-electron chi connectivity index (χ4n) is 3.93. The number of benzene rings is 2. The molecular weight excluding hydrogens is 418 g/mol. The molecule has 0 radical (unpaired) electrons. The summed E-state index contributed by atoms with van der Waals surface area (Å²) in [6.45, 7) is 8.38. The molecule has 3 aromatic rings. The Balaban J connectivity index is 1.82. The Hall–Kier alpha value is -3.80. The number of hydrogen-bond donors (Lipinski definition) is 1. The monoisotopic (exact) mass is 445 g/mol. The number of anilines is 1. The number of ketones is 1. The van der Waals surface area contributed by atoms with Gasteiger partial charge in [-0.2, -0.15) is 0 Å². The molecule has 1 unspecified atom stereocenters. The minimum absolute atomic E-state index is 0.00606. The smallest absolute Gasteiger partial charge is 0.300 e. The Morgan fingerprint density at radius 2 is 1.79 bits per heavy atom. The molecular formula is C27H27NO5. The van der Waals surface area contributed by atoms with Crippen molar-refractivity contribution in [1.29, 1.82) is 0 Å². The molecule has 0 saturated carbocycles. The molecule has 2 aromatic carbocycles. The molecule has 0 bridgehead atoms. The van der Waals surface area contributed by atoms with Crippen LogP contribution in [0, 0.1) is 19.8 Å². The lowest BCUT2D eigenvalue weighted by atomic mass is 9.98. The summed E-state index contributed by atoms with van der Waals surface area (Å²) in [5.74, 6) is 0.427. The van der Waals surface area contributed by atoms with Crippen molar-refractivity contribution >= 4 is 23.1 Å². The third-order valence-corrected chi connectivity index (χ3v) is 5.53. The van der Waals surface area contributed by atoms with Gasteiger partial charge in [-0.15, -0.1) is 0 Å². The Morgan fingerprint density at radius 3 is 2.39 bits per heavy atom. The highest BCUT2D eigenvalue weighted by Crippen LogP contribution is 2.42. The van der Waals surface area contributed by atoms with Crippen LogP contribution in [0.3, 0.4) is 0 Å². The van der Waals surface area contributed by atoms with Gasteiger partial charge in [0.1, 0.15) is 29.1 Å². The summed E-state index contributed by atoms with van der Waals surface area (Å²) in [5.41, 5.74) is 1.80. The second-order valence-electron chi connectivity index (χ2n) is 8.64. The average Bonchev–Trinajstić information content (AvgIpc) is 3.33. The lowest BCUT2D eigenvalue weighted by Gasteiger charge is -2.23. The van der Waals surface area contributed by atoms with Crippen molar-refractivity contribution in [3.05, 3.63) is 88.9 Å². The van der Waals surface area contributed by atoms with Crippen LogP contribution in [-0.2, 0) is 9.59 Å². The van der Waals surface area contributed by atoms with Crippen LogP contribution in [0.2, 0.25) is 0 Å². The summed E-state index contributed by atoms with van der Waals surface area (Å²) in [6.07, 6.45) is 0. The van der Waals surface area contributed by atoms with E-state index < -0.39 is 17.7 Å². The van der Waals surface area contributed by atoms with Crippen LogP contribution in [0.1, 0.15) is 42.5 Å². The number of Topliss-reactive ketones (excluding diaryl/α,β-unsaturated/α-hetero) is 1. The molecule has 1 aromatic heterocycles. The Morgan fingerprint density at radius 1 is 1.06 bits per heavy atom. The fraction of sp³-hybridized carbons (Fsp3) is 0.259. The molecule has 170 valence electrons. The minimum atomic E-state index is -0.877. The highest BCUT2D eigenvalue weighted by Gasteiger charge is 2.48. The predicted molar refractivity (Wildman–Crippen MR) is 126 cm³/mol. The zero-order valence-electron chi connectivity index (χ0n) is 19.2. The number of rotatable bonds is 6. The largest absolute Gasteiger partial charge is 0.507 e. The van der Waals surface area contributed by atoms with E-state index in [0.717, 1.165) is 5.56 Å². The standard InChI is InChI=1S/C27H27NO5/c1-16(2)15-32-21-13-11-19(14-17(21)3)25(29)23-24(22-12-10-18(4)33-22)28(27(31)26(23)30)20-8-6-5-7-9-20/h5-14,16,24,29H,15H2,1-4H3/b25-23-. The lowest BCUT2D eigenvalue weighted by Crippen LogP contribution is -2.29. The molecule has 33 heavy (non-hydrogen) atoms. The van der Waals surface area contributed by atoms with Crippen LogP contribution < -0.4 is 9.64 Å². The average molecular weight is 446 g/mol. The topological polar surface area (TPSA) is 80.0 Å². The first kappa shape index (κ1) is 22.4. The van der Waals surface area contributed by atoms with E-state index in [1.807, 2.05) is 13.0 Å². The molecule has 1 saturated heterocycles. The molecule has 1 atom stereocenters. The first-order valence-electron chi connectivity index (χ1n) is 10.9. The van der Waals surface area contributed by atoms with Crippen molar-refractivity contribution < 1.29 is 23.8 Å². The van der Waals surface area contributed by atoms with E-state index in [1.54, 1.807) is 61.5 Å². The molecule has 6 heteroatoms. The van der Waals surface area contributed by atoms with Crippen molar-refractivity contribution in [3.8, 4) is 5.75 Å². The van der Waals surface area contributed by atoms with E-state index in [4.69, 9.17) is 9.15 Å². The molecule has 1 amide bonds. The molecule has 0 aliphatic carbocycles. The van der Waals surface area contributed by atoms with Gasteiger partial charge in [0, 0.05) is 11.3 Å². The number of para-hydroxylation sites is 1. The maximum atomic E-state index is 13.1. The summed E-state index contributed by atoms with van der Waals surface area (Å²) in [5, 5.41) is 11.2. The molecule has 4 rings (SSSR count). The van der Waals surface area contributed by atoms with Gasteiger partial charge in [-0.25, -0.2) is 0 Å². The third kappa shape index (κ3) is 4.29. The molecule has 6 nitrogen and oxygen atoms in total. The maximum absolute atomic E-state index is 13.1. The first-order chi connectivity index (χ1) is 15.8. The van der Waals surface area contributed by atoms with E-state index in [2.05, 4.69) is 13.8 Å². The van der Waals surface area contributed by atoms with Gasteiger partial charge in [-0.1, -0.05) is 32.0 Å². The quantitative estimate of drug-likeness (QED) is 0.305. The van der Waals surface area contributed by atoms with E-state index in [1.165, 1.54) is 4.90 Å². The molecule has 2 heterocycles. The Bertz CT molecular complexity index is 1220. The highest BCUT2D eigenvalue weighted by molar-refractivity contribution is 6.51. The van der Waals surface area contributed by atoms with Crippen molar-refractivity contribution in [1.82, 2.24) is 0 Å². The number of carbonyl (C=O) groups excluding carboxylic acids is 2. The second kappa shape index (κ2) is 8.98. The zero-order chi connectivity index (χ0) is 23.7. The minimum Gasteiger partial charge on any atom is -0.507 e. The summed E-state index contributed by atoms with van der Waals surface area (Å²) in [6, 6.07) is 16.7. The van der Waals surface area contributed by atoms with Crippen LogP contribution in [0.4, 0.5) is 5.69 Å². The van der Waals surface area contributed by atoms with Gasteiger partial charge in [-0.05, 0) is 67.8 Å². The molecule has 1 aliphatic rings. The number of carbonyl (C=O) groups is 2. The van der Waals surface area contributed by atoms with Gasteiger partial charge < -0.3 is 14.3 Å². The van der Waals surface area contributed by atoms with E-state index in [-0.39, 0.29) is 11.3 Å². The second-order valence-corrected chi connectivity index (χ2v) is 8.64. The summed E-state index contributed by atoms with van der Waals surface area (Å²) in [4.78, 5) is 27.6. The third-order valence-electron chi connectivity index (χ3n) is 5.53. The number of amides is 1. The fourth-order valence-corrected chi connectivity index (χ4v) is 3.93. The van der Waals surface area contributed by atoms with Crippen molar-refractivity contribution in [2.45, 2.75) is 33.7 Å². The first-order valence-corrected chi connectivity index (χ1v) is 10.9. The number of ether oxygens (including phenoxy) is 1. The number of aryl methyl sites for hydroxylation is 2. The number of aliphatic hydroxyl groups excluding tert-OH is 1. The summed E-state index contributed by atoms with van der Waals surface area (Å²) in [7, 11) is 0. The number of aliphatic hydroxyl groups is 1. The van der Waals surface area contributed by atoms with Crippen LogP contribution in [-0.4, -0.2) is 23.4 Å². The zero-order valence-corrected chi connectivity index (χ0v) is 19.2. The van der Waals surface area contributed by atoms with Crippen LogP contribution in [0.25, 0.3) is 5.76 Å². The summed E-state index contributed by atoms with van der Waals surface area (Å²) < 4.78 is 11.6. The molecule has 1 aliphatic heterocycles. The van der Waals surface area contributed by atoms with Gasteiger partial charge in [0.2, 0.25) is 0 Å². The number of furan rings is 1. The molecule has 1 fully saturated rings. The lowest BCUT2D eigenvalue weighted by molar-refractivity contribution is -0.132. The summed E-state index contributed by atoms with van der Waals surface area (Å²) >= 11 is 0. The normalized spacial score (nSPS) is 17.7. The molecule has 0 spiro atoms. The van der Waals surface area contributed by atoms with Gasteiger partial charge in [0.15, 0.2) is 0 Å². The van der Waals surface area contributed by atoms with E-state index in [0.29, 0.717) is 41.0 Å². The molecule has 1 N–H and O–H groups in total. The van der Waals surface area contributed by atoms with Crippen LogP contribution in [0.15, 0.2) is 70.7 Å². The van der Waals surface area contributed by atoms with Gasteiger partial charge in [0.25, 0.3) is 11.7 Å². The van der Waals surface area contributed by atoms with Crippen molar-refractivity contribution in [2.75, 3.05) is 11.5 Å². The van der Waals surface area contributed by atoms with Gasteiger partial charge in [0.05, 0.1) is 12.2 Å². The predicted octanol–water partition coefficient (Wildman–Crippen LogP) is 5.56. The number of nitrogens with zero attached hydrogens (tertiary/aromatic N) is 1. The van der Waals surface area contributed by atoms with Gasteiger partial charge in [-0.3, -0.25) is 14.5 Å². The Labute approximate surface area is 193 Å². The van der Waals surface area contributed by atoms with E-state index in [9.17, 15) is 14.7 Å². The van der Waals surface area contributed by atoms with Crippen molar-refractivity contribution in [2.24, 2.45) is 5.92 Å². The SMILES string of the molecule is Cc1ccc(C2/C(=C(/O)c3ccc(OCC(C)C)c(C)c3)C(=O)C(=O)N2c2ccccc2)o1. The van der Waals surface area contributed by atoms with Crippen LogP contribution in [0.5, 0.6) is 5.75 Å². The number of hydrogen-bond acceptors (Lipinski definition) is 5. The van der Waals surface area contributed by atoms with E-state index >= 15 is 0 Å².